The van der Waals surface area contributed by atoms with Crippen LogP contribution in [0.5, 0.6) is 0 Å². The standard InChI is InChI=1S/C21H28N4O2S/c1-3-5-18-6-9-20(10-7-18)28(26,27)23-19-8-11-21(22-17-19)25-15-13-24(12-4-2)14-16-25/h4,6-11,17,23H,2-3,5,12-16H2,1H3. The molecule has 3 rings (SSSR count). The number of piperazine rings is 1. The van der Waals surface area contributed by atoms with Crippen molar-refractivity contribution in [3.8, 4) is 0 Å². The van der Waals surface area contributed by atoms with Crippen LogP contribution in [0.25, 0.3) is 0 Å². The van der Waals surface area contributed by atoms with Gasteiger partial charge in [-0.3, -0.25) is 9.62 Å². The van der Waals surface area contributed by atoms with Gasteiger partial charge in [0.2, 0.25) is 0 Å². The molecule has 1 N–H and O–H groups in total. The van der Waals surface area contributed by atoms with E-state index in [-0.39, 0.29) is 4.90 Å². The number of rotatable bonds is 8. The molecule has 0 atom stereocenters. The van der Waals surface area contributed by atoms with Crippen LogP contribution in [0.4, 0.5) is 11.5 Å². The normalized spacial score (nSPS) is 15.4. The van der Waals surface area contributed by atoms with Crippen LogP contribution in [0, 0.1) is 0 Å². The Balaban J connectivity index is 1.62. The summed E-state index contributed by atoms with van der Waals surface area (Å²) in [5.74, 6) is 0.866. The molecule has 2 aromatic rings. The Kier molecular flexibility index (Phi) is 6.70. The summed E-state index contributed by atoms with van der Waals surface area (Å²) in [6, 6.07) is 10.7. The summed E-state index contributed by atoms with van der Waals surface area (Å²) in [4.78, 5) is 9.27. The Morgan fingerprint density at radius 3 is 2.39 bits per heavy atom. The molecule has 7 heteroatoms. The summed E-state index contributed by atoms with van der Waals surface area (Å²) in [5, 5.41) is 0. The first-order valence-corrected chi connectivity index (χ1v) is 11.2. The topological polar surface area (TPSA) is 65.5 Å². The van der Waals surface area contributed by atoms with Gasteiger partial charge in [-0.15, -0.1) is 6.58 Å². The van der Waals surface area contributed by atoms with E-state index in [0.717, 1.165) is 56.9 Å². The van der Waals surface area contributed by atoms with E-state index in [2.05, 4.69) is 33.0 Å². The number of sulfonamides is 1. The highest BCUT2D eigenvalue weighted by atomic mass is 32.2. The van der Waals surface area contributed by atoms with Gasteiger partial charge in [0.1, 0.15) is 5.82 Å². The summed E-state index contributed by atoms with van der Waals surface area (Å²) >= 11 is 0. The zero-order chi connectivity index (χ0) is 20.0. The van der Waals surface area contributed by atoms with Crippen molar-refractivity contribution in [3.63, 3.8) is 0 Å². The minimum absolute atomic E-state index is 0.259. The molecule has 1 saturated heterocycles. The molecule has 1 fully saturated rings. The molecule has 0 aliphatic carbocycles. The third-order valence-electron chi connectivity index (χ3n) is 4.86. The van der Waals surface area contributed by atoms with Crippen molar-refractivity contribution in [2.45, 2.75) is 24.7 Å². The molecule has 0 radical (unpaired) electrons. The number of aryl methyl sites for hydroxylation is 1. The molecule has 150 valence electrons. The summed E-state index contributed by atoms with van der Waals surface area (Å²) in [6.07, 6.45) is 5.48. The number of aromatic nitrogens is 1. The van der Waals surface area contributed by atoms with E-state index >= 15 is 0 Å². The van der Waals surface area contributed by atoms with Gasteiger partial charge in [-0.05, 0) is 36.2 Å². The van der Waals surface area contributed by atoms with Crippen LogP contribution in [0.2, 0.25) is 0 Å². The van der Waals surface area contributed by atoms with E-state index in [1.54, 1.807) is 24.4 Å². The zero-order valence-corrected chi connectivity index (χ0v) is 17.2. The number of nitrogens with zero attached hydrogens (tertiary/aromatic N) is 3. The third-order valence-corrected chi connectivity index (χ3v) is 6.25. The lowest BCUT2D eigenvalue weighted by Crippen LogP contribution is -2.46. The highest BCUT2D eigenvalue weighted by Crippen LogP contribution is 2.20. The van der Waals surface area contributed by atoms with E-state index in [4.69, 9.17) is 0 Å². The lowest BCUT2D eigenvalue weighted by molar-refractivity contribution is 0.283. The molecular formula is C21H28N4O2S. The van der Waals surface area contributed by atoms with Gasteiger partial charge < -0.3 is 4.90 Å². The van der Waals surface area contributed by atoms with Gasteiger partial charge in [0.25, 0.3) is 10.0 Å². The molecule has 28 heavy (non-hydrogen) atoms. The Morgan fingerprint density at radius 2 is 1.82 bits per heavy atom. The Hall–Kier alpha value is -2.38. The highest BCUT2D eigenvalue weighted by molar-refractivity contribution is 7.92. The minimum atomic E-state index is -3.62. The van der Waals surface area contributed by atoms with Crippen LogP contribution in [-0.2, 0) is 16.4 Å². The highest BCUT2D eigenvalue weighted by Gasteiger charge is 2.18. The van der Waals surface area contributed by atoms with Crippen LogP contribution < -0.4 is 9.62 Å². The Morgan fingerprint density at radius 1 is 1.11 bits per heavy atom. The molecule has 0 saturated carbocycles. The lowest BCUT2D eigenvalue weighted by Gasteiger charge is -2.34. The van der Waals surface area contributed by atoms with Gasteiger partial charge in [-0.2, -0.15) is 0 Å². The van der Waals surface area contributed by atoms with Crippen molar-refractivity contribution in [1.82, 2.24) is 9.88 Å². The number of nitrogens with one attached hydrogen (secondary N) is 1. The maximum Gasteiger partial charge on any atom is 0.261 e. The van der Waals surface area contributed by atoms with Crippen LogP contribution >= 0.6 is 0 Å². The maximum absolute atomic E-state index is 12.6. The van der Waals surface area contributed by atoms with Gasteiger partial charge in [0.15, 0.2) is 0 Å². The average Bonchev–Trinajstić information content (AvgIpc) is 2.70. The smallest absolute Gasteiger partial charge is 0.261 e. The SMILES string of the molecule is C=CCN1CCN(c2ccc(NS(=O)(=O)c3ccc(CCC)cc3)cn2)CC1. The maximum atomic E-state index is 12.6. The fraction of sp³-hybridized carbons (Fsp3) is 0.381. The van der Waals surface area contributed by atoms with E-state index in [1.165, 1.54) is 0 Å². The summed E-state index contributed by atoms with van der Waals surface area (Å²) in [6.45, 7) is 10.5. The summed E-state index contributed by atoms with van der Waals surface area (Å²) < 4.78 is 27.8. The fourth-order valence-electron chi connectivity index (χ4n) is 3.31. The summed E-state index contributed by atoms with van der Waals surface area (Å²) in [7, 11) is -3.62. The summed E-state index contributed by atoms with van der Waals surface area (Å²) in [5.41, 5.74) is 1.60. The van der Waals surface area contributed by atoms with Crippen molar-refractivity contribution < 1.29 is 8.42 Å². The first-order valence-electron chi connectivity index (χ1n) is 9.68. The predicted molar refractivity (Wildman–Crippen MR) is 114 cm³/mol. The van der Waals surface area contributed by atoms with Crippen molar-refractivity contribution >= 4 is 21.5 Å². The van der Waals surface area contributed by atoms with Crippen LogP contribution in [-0.4, -0.2) is 51.0 Å². The largest absolute Gasteiger partial charge is 0.354 e. The van der Waals surface area contributed by atoms with Gasteiger partial charge >= 0.3 is 0 Å². The number of hydrogen-bond acceptors (Lipinski definition) is 5. The molecule has 2 heterocycles. The van der Waals surface area contributed by atoms with E-state index < -0.39 is 10.0 Å². The molecule has 0 bridgehead atoms. The second-order valence-electron chi connectivity index (χ2n) is 6.98. The second kappa shape index (κ2) is 9.21. The number of anilines is 2. The first kappa shape index (κ1) is 20.4. The van der Waals surface area contributed by atoms with Gasteiger partial charge in [-0.25, -0.2) is 13.4 Å². The van der Waals surface area contributed by atoms with Crippen LogP contribution in [0.15, 0.2) is 60.1 Å². The van der Waals surface area contributed by atoms with Crippen molar-refractivity contribution in [2.75, 3.05) is 42.3 Å². The van der Waals surface area contributed by atoms with Crippen molar-refractivity contribution in [2.24, 2.45) is 0 Å². The number of benzene rings is 1. The monoisotopic (exact) mass is 400 g/mol. The Labute approximate surface area is 167 Å². The fourth-order valence-corrected chi connectivity index (χ4v) is 4.36. The van der Waals surface area contributed by atoms with Gasteiger partial charge in [-0.1, -0.05) is 31.6 Å². The number of hydrogen-bond donors (Lipinski definition) is 1. The molecule has 1 aliphatic heterocycles. The zero-order valence-electron chi connectivity index (χ0n) is 16.3. The lowest BCUT2D eigenvalue weighted by atomic mass is 10.1. The quantitative estimate of drug-likeness (QED) is 0.690. The predicted octanol–water partition coefficient (Wildman–Crippen LogP) is 3.14. The molecule has 1 aromatic heterocycles. The third kappa shape index (κ3) is 5.11. The molecule has 0 unspecified atom stereocenters. The van der Waals surface area contributed by atoms with E-state index in [9.17, 15) is 8.42 Å². The molecule has 1 aromatic carbocycles. The number of pyridine rings is 1. The van der Waals surface area contributed by atoms with Crippen molar-refractivity contribution in [3.05, 3.63) is 60.8 Å². The molecular weight excluding hydrogens is 372 g/mol. The van der Waals surface area contributed by atoms with Crippen LogP contribution in [0.1, 0.15) is 18.9 Å². The van der Waals surface area contributed by atoms with E-state index in [1.807, 2.05) is 24.3 Å². The average molecular weight is 401 g/mol. The molecule has 1 aliphatic rings. The Bertz CT molecular complexity index is 872. The van der Waals surface area contributed by atoms with Crippen molar-refractivity contribution in [1.29, 1.82) is 0 Å². The first-order chi connectivity index (χ1) is 13.5. The van der Waals surface area contributed by atoms with E-state index in [0.29, 0.717) is 5.69 Å². The molecule has 0 amide bonds. The molecule has 6 nitrogen and oxygen atoms in total. The van der Waals surface area contributed by atoms with Gasteiger partial charge in [0, 0.05) is 32.7 Å². The van der Waals surface area contributed by atoms with Crippen LogP contribution in [0.3, 0.4) is 0 Å². The second-order valence-corrected chi connectivity index (χ2v) is 8.66. The van der Waals surface area contributed by atoms with Gasteiger partial charge in [0.05, 0.1) is 16.8 Å². The molecule has 0 spiro atoms. The minimum Gasteiger partial charge on any atom is -0.354 e.